The maximum atomic E-state index is 12.9. The summed E-state index contributed by atoms with van der Waals surface area (Å²) in [5, 5.41) is 2.60. The average Bonchev–Trinajstić information content (AvgIpc) is 2.60. The molecule has 24 heavy (non-hydrogen) atoms. The molecule has 0 saturated heterocycles. The highest BCUT2D eigenvalue weighted by Crippen LogP contribution is 2.09. The first-order chi connectivity index (χ1) is 11.6. The number of rotatable bonds is 4. The van der Waals surface area contributed by atoms with Gasteiger partial charge in [0.05, 0.1) is 6.54 Å². The second-order valence-electron chi connectivity index (χ2n) is 5.30. The molecular weight excluding hydrogens is 307 g/mol. The minimum Gasteiger partial charge on any atom is -0.322 e. The van der Waals surface area contributed by atoms with E-state index in [2.05, 4.69) is 5.32 Å². The van der Waals surface area contributed by atoms with Crippen molar-refractivity contribution in [3.8, 4) is 0 Å². The molecule has 0 aliphatic heterocycles. The second-order valence-corrected chi connectivity index (χ2v) is 5.30. The lowest BCUT2D eigenvalue weighted by molar-refractivity contribution is 0.102. The molecule has 0 unspecified atom stereocenters. The van der Waals surface area contributed by atoms with Gasteiger partial charge in [-0.15, -0.1) is 0 Å². The zero-order valence-electron chi connectivity index (χ0n) is 12.8. The summed E-state index contributed by atoms with van der Waals surface area (Å²) in [7, 11) is 0. The fourth-order valence-corrected chi connectivity index (χ4v) is 2.35. The molecule has 1 N–H and O–H groups in total. The van der Waals surface area contributed by atoms with Gasteiger partial charge in [0.25, 0.3) is 11.5 Å². The molecule has 0 spiro atoms. The van der Waals surface area contributed by atoms with Crippen molar-refractivity contribution in [3.63, 3.8) is 0 Å². The van der Waals surface area contributed by atoms with Crippen molar-refractivity contribution >= 4 is 11.6 Å². The molecule has 0 aliphatic carbocycles. The molecule has 3 aromatic rings. The van der Waals surface area contributed by atoms with Crippen LogP contribution in [-0.2, 0) is 6.54 Å². The van der Waals surface area contributed by atoms with Gasteiger partial charge in [0.15, 0.2) is 0 Å². The van der Waals surface area contributed by atoms with Crippen molar-refractivity contribution in [3.05, 3.63) is 100 Å². The minimum absolute atomic E-state index is 0.0396. The third-order valence-corrected chi connectivity index (χ3v) is 3.56. The first-order valence-corrected chi connectivity index (χ1v) is 7.44. The number of hydrogen-bond donors (Lipinski definition) is 1. The van der Waals surface area contributed by atoms with Gasteiger partial charge in [-0.1, -0.05) is 30.3 Å². The van der Waals surface area contributed by atoms with E-state index in [0.717, 1.165) is 5.56 Å². The van der Waals surface area contributed by atoms with Gasteiger partial charge < -0.3 is 9.88 Å². The zero-order chi connectivity index (χ0) is 16.9. The van der Waals surface area contributed by atoms with Crippen molar-refractivity contribution < 1.29 is 9.18 Å². The first kappa shape index (κ1) is 15.7. The Bertz CT molecular complexity index is 903. The minimum atomic E-state index is -0.519. The summed E-state index contributed by atoms with van der Waals surface area (Å²) in [6.45, 7) is 0.386. The van der Waals surface area contributed by atoms with Gasteiger partial charge in [0, 0.05) is 11.9 Å². The standard InChI is InChI=1S/C19H15FN2O2/c20-15-8-10-16(11-9-15)21-18(23)17-7-4-12-22(19(17)24)13-14-5-2-1-3-6-14/h1-12H,13H2,(H,21,23). The monoisotopic (exact) mass is 322 g/mol. The topological polar surface area (TPSA) is 51.1 Å². The van der Waals surface area contributed by atoms with Gasteiger partial charge in [0.2, 0.25) is 0 Å². The zero-order valence-corrected chi connectivity index (χ0v) is 12.8. The van der Waals surface area contributed by atoms with Crippen molar-refractivity contribution in [2.45, 2.75) is 6.54 Å². The lowest BCUT2D eigenvalue weighted by Crippen LogP contribution is -2.29. The van der Waals surface area contributed by atoms with Gasteiger partial charge in [-0.05, 0) is 42.0 Å². The summed E-state index contributed by atoms with van der Waals surface area (Å²) in [6, 6.07) is 18.0. The number of amides is 1. The number of halogens is 1. The fourth-order valence-electron chi connectivity index (χ4n) is 2.35. The van der Waals surface area contributed by atoms with Crippen molar-refractivity contribution in [1.29, 1.82) is 0 Å². The Balaban J connectivity index is 1.83. The quantitative estimate of drug-likeness (QED) is 0.801. The number of carbonyl (C=O) groups excluding carboxylic acids is 1. The Morgan fingerprint density at radius 3 is 2.38 bits per heavy atom. The van der Waals surface area contributed by atoms with Crippen molar-refractivity contribution in [2.75, 3.05) is 5.32 Å². The van der Waals surface area contributed by atoms with Crippen LogP contribution in [0.4, 0.5) is 10.1 Å². The van der Waals surface area contributed by atoms with Gasteiger partial charge >= 0.3 is 0 Å². The number of nitrogens with zero attached hydrogens (tertiary/aromatic N) is 1. The molecule has 2 aromatic carbocycles. The predicted molar refractivity (Wildman–Crippen MR) is 90.6 cm³/mol. The molecule has 1 aromatic heterocycles. The number of hydrogen-bond acceptors (Lipinski definition) is 2. The van der Waals surface area contributed by atoms with Crippen LogP contribution in [-0.4, -0.2) is 10.5 Å². The molecule has 3 rings (SSSR count). The summed E-state index contributed by atoms with van der Waals surface area (Å²) in [4.78, 5) is 24.8. The van der Waals surface area contributed by atoms with Gasteiger partial charge in [-0.3, -0.25) is 9.59 Å². The van der Waals surface area contributed by atoms with Crippen LogP contribution in [0.2, 0.25) is 0 Å². The maximum Gasteiger partial charge on any atom is 0.263 e. The smallest absolute Gasteiger partial charge is 0.263 e. The molecule has 1 heterocycles. The summed E-state index contributed by atoms with van der Waals surface area (Å²) >= 11 is 0. The maximum absolute atomic E-state index is 12.9. The molecule has 1 amide bonds. The first-order valence-electron chi connectivity index (χ1n) is 7.44. The van der Waals surface area contributed by atoms with Crippen LogP contribution in [0.15, 0.2) is 77.7 Å². The number of anilines is 1. The van der Waals surface area contributed by atoms with Gasteiger partial charge in [0.1, 0.15) is 11.4 Å². The highest BCUT2D eigenvalue weighted by atomic mass is 19.1. The lowest BCUT2D eigenvalue weighted by Gasteiger charge is -2.09. The van der Waals surface area contributed by atoms with Crippen molar-refractivity contribution in [1.82, 2.24) is 4.57 Å². The summed E-state index contributed by atoms with van der Waals surface area (Å²) < 4.78 is 14.4. The highest BCUT2D eigenvalue weighted by molar-refractivity contribution is 6.03. The van der Waals surface area contributed by atoms with Crippen LogP contribution >= 0.6 is 0 Å². The predicted octanol–water partition coefficient (Wildman–Crippen LogP) is 3.29. The van der Waals surface area contributed by atoms with E-state index in [9.17, 15) is 14.0 Å². The molecule has 0 atom stereocenters. The van der Waals surface area contributed by atoms with Gasteiger partial charge in [-0.25, -0.2) is 4.39 Å². The van der Waals surface area contributed by atoms with Crippen LogP contribution in [0.5, 0.6) is 0 Å². The normalized spacial score (nSPS) is 10.4. The molecule has 0 saturated carbocycles. The average molecular weight is 322 g/mol. The molecule has 5 heteroatoms. The van der Waals surface area contributed by atoms with Crippen LogP contribution < -0.4 is 10.9 Å². The van der Waals surface area contributed by atoms with E-state index < -0.39 is 11.7 Å². The number of carbonyl (C=O) groups is 1. The summed E-state index contributed by atoms with van der Waals surface area (Å²) in [5.74, 6) is -0.910. The Labute approximate surface area is 138 Å². The van der Waals surface area contributed by atoms with Crippen LogP contribution in [0.3, 0.4) is 0 Å². The highest BCUT2D eigenvalue weighted by Gasteiger charge is 2.12. The van der Waals surface area contributed by atoms with Crippen LogP contribution in [0.25, 0.3) is 0 Å². The number of nitrogens with one attached hydrogen (secondary N) is 1. The van der Waals surface area contributed by atoms with E-state index in [1.54, 1.807) is 12.3 Å². The molecule has 0 aliphatic rings. The molecule has 4 nitrogen and oxygen atoms in total. The number of aromatic nitrogens is 1. The third kappa shape index (κ3) is 3.57. The SMILES string of the molecule is O=C(Nc1ccc(F)cc1)c1cccn(Cc2ccccc2)c1=O. The lowest BCUT2D eigenvalue weighted by atomic mass is 10.2. The van der Waals surface area contributed by atoms with E-state index >= 15 is 0 Å². The Morgan fingerprint density at radius 2 is 1.67 bits per heavy atom. The van der Waals surface area contributed by atoms with Crippen LogP contribution in [0, 0.1) is 5.82 Å². The largest absolute Gasteiger partial charge is 0.322 e. The van der Waals surface area contributed by atoms with E-state index in [1.165, 1.54) is 34.9 Å². The van der Waals surface area contributed by atoms with Crippen LogP contribution in [0.1, 0.15) is 15.9 Å². The Morgan fingerprint density at radius 1 is 0.958 bits per heavy atom. The summed E-state index contributed by atoms with van der Waals surface area (Å²) in [5.41, 5.74) is 1.06. The molecule has 0 radical (unpaired) electrons. The Hall–Kier alpha value is -3.21. The van der Waals surface area contributed by atoms with E-state index in [4.69, 9.17) is 0 Å². The molecular formula is C19H15FN2O2. The van der Waals surface area contributed by atoms with E-state index in [-0.39, 0.29) is 11.1 Å². The second kappa shape index (κ2) is 6.91. The third-order valence-electron chi connectivity index (χ3n) is 3.56. The molecule has 120 valence electrons. The van der Waals surface area contributed by atoms with Crippen molar-refractivity contribution in [2.24, 2.45) is 0 Å². The van der Waals surface area contributed by atoms with Gasteiger partial charge in [-0.2, -0.15) is 0 Å². The van der Waals surface area contributed by atoms with E-state index in [0.29, 0.717) is 12.2 Å². The number of pyridine rings is 1. The van der Waals surface area contributed by atoms with E-state index in [1.807, 2.05) is 30.3 Å². The Kier molecular flexibility index (Phi) is 4.52. The summed E-state index contributed by atoms with van der Waals surface area (Å²) in [6.07, 6.45) is 1.64. The molecule has 0 bridgehead atoms. The number of benzene rings is 2. The fraction of sp³-hybridized carbons (Fsp3) is 0.0526. The molecule has 0 fully saturated rings.